The summed E-state index contributed by atoms with van der Waals surface area (Å²) in [4.78, 5) is 21.3. The van der Waals surface area contributed by atoms with Crippen LogP contribution in [0.3, 0.4) is 0 Å². The summed E-state index contributed by atoms with van der Waals surface area (Å²) < 4.78 is 18.3. The summed E-state index contributed by atoms with van der Waals surface area (Å²) >= 11 is 1.51. The van der Waals surface area contributed by atoms with Crippen molar-refractivity contribution in [2.45, 2.75) is 38.2 Å². The van der Waals surface area contributed by atoms with Gasteiger partial charge in [-0.25, -0.2) is 9.78 Å². The molecule has 0 unspecified atom stereocenters. The van der Waals surface area contributed by atoms with Crippen molar-refractivity contribution in [3.63, 3.8) is 0 Å². The third-order valence-corrected chi connectivity index (χ3v) is 5.72. The number of carbonyl (C=O) groups excluding carboxylic acids is 1. The molecule has 166 valence electrons. The molecule has 0 atom stereocenters. The van der Waals surface area contributed by atoms with Gasteiger partial charge in [0, 0.05) is 6.54 Å². The Morgan fingerprint density at radius 2 is 1.94 bits per heavy atom. The zero-order chi connectivity index (χ0) is 22.5. The van der Waals surface area contributed by atoms with E-state index in [1.807, 2.05) is 37.3 Å². The van der Waals surface area contributed by atoms with E-state index in [9.17, 15) is 4.79 Å². The third-order valence-electron chi connectivity index (χ3n) is 4.76. The normalized spacial score (nSPS) is 11.1. The lowest BCUT2D eigenvalue weighted by molar-refractivity contribution is 0.0526. The lowest BCUT2D eigenvalue weighted by Gasteiger charge is -2.06. The van der Waals surface area contributed by atoms with Crippen molar-refractivity contribution >= 4 is 28.8 Å². The van der Waals surface area contributed by atoms with Crippen molar-refractivity contribution in [2.75, 3.05) is 13.2 Å². The number of ether oxygens (including phenoxy) is 2. The summed E-state index contributed by atoms with van der Waals surface area (Å²) in [5, 5.41) is 4.93. The highest BCUT2D eigenvalue weighted by molar-refractivity contribution is 7.98. The molecule has 0 fully saturated rings. The summed E-state index contributed by atoms with van der Waals surface area (Å²) in [6, 6.07) is 13.0. The minimum absolute atomic E-state index is 0.336. The number of benzene rings is 2. The van der Waals surface area contributed by atoms with Gasteiger partial charge < -0.3 is 18.6 Å². The van der Waals surface area contributed by atoms with Crippen LogP contribution in [0.5, 0.6) is 5.75 Å². The molecule has 0 radical (unpaired) electrons. The summed E-state index contributed by atoms with van der Waals surface area (Å²) in [7, 11) is 0. The molecular weight excluding hydrogens is 428 g/mol. The van der Waals surface area contributed by atoms with Crippen molar-refractivity contribution < 1.29 is 18.8 Å². The van der Waals surface area contributed by atoms with Crippen molar-refractivity contribution in [1.29, 1.82) is 0 Å². The van der Waals surface area contributed by atoms with Crippen LogP contribution in [0.4, 0.5) is 0 Å². The van der Waals surface area contributed by atoms with Crippen LogP contribution in [0.15, 0.2) is 52.1 Å². The van der Waals surface area contributed by atoms with Gasteiger partial charge >= 0.3 is 5.97 Å². The second-order valence-electron chi connectivity index (χ2n) is 6.79. The van der Waals surface area contributed by atoms with Gasteiger partial charge in [0.1, 0.15) is 5.75 Å². The van der Waals surface area contributed by atoms with Crippen molar-refractivity contribution in [3.05, 3.63) is 53.9 Å². The van der Waals surface area contributed by atoms with Crippen LogP contribution in [-0.4, -0.2) is 38.9 Å². The molecule has 9 heteroatoms. The largest absolute Gasteiger partial charge is 0.493 e. The maximum atomic E-state index is 12.0. The first-order valence-corrected chi connectivity index (χ1v) is 11.5. The number of aromatic nitrogens is 4. The fourth-order valence-electron chi connectivity index (χ4n) is 3.35. The molecule has 0 saturated carbocycles. The number of thioether (sulfide) groups is 1. The van der Waals surface area contributed by atoms with Crippen LogP contribution in [-0.2, 0) is 17.0 Å². The van der Waals surface area contributed by atoms with Gasteiger partial charge in [-0.3, -0.25) is 0 Å². The number of carbonyl (C=O) groups is 1. The number of esters is 1. The molecule has 0 bridgehead atoms. The molecule has 0 N–H and O–H groups in total. The lowest BCUT2D eigenvalue weighted by atomic mass is 10.2. The monoisotopic (exact) mass is 452 g/mol. The molecule has 0 aliphatic heterocycles. The highest BCUT2D eigenvalue weighted by atomic mass is 32.2. The van der Waals surface area contributed by atoms with Crippen LogP contribution in [0.1, 0.15) is 37.0 Å². The Morgan fingerprint density at radius 3 is 2.72 bits per heavy atom. The molecule has 0 spiro atoms. The van der Waals surface area contributed by atoms with Crippen LogP contribution in [0.2, 0.25) is 0 Å². The Hall–Kier alpha value is -3.33. The van der Waals surface area contributed by atoms with E-state index in [4.69, 9.17) is 19.0 Å². The Labute approximate surface area is 189 Å². The van der Waals surface area contributed by atoms with Crippen molar-refractivity contribution in [3.8, 4) is 17.1 Å². The number of para-hydroxylation sites is 1. The zero-order valence-electron chi connectivity index (χ0n) is 18.2. The first-order valence-electron chi connectivity index (χ1n) is 10.5. The highest BCUT2D eigenvalue weighted by Crippen LogP contribution is 2.30. The average molecular weight is 453 g/mol. The molecule has 0 amide bonds. The number of rotatable bonds is 9. The first kappa shape index (κ1) is 21.9. The Kier molecular flexibility index (Phi) is 6.75. The van der Waals surface area contributed by atoms with E-state index >= 15 is 0 Å². The number of hydrogen-bond acceptors (Lipinski definition) is 8. The topological polar surface area (TPSA) is 92.3 Å². The van der Waals surface area contributed by atoms with E-state index in [1.165, 1.54) is 11.8 Å². The molecule has 2 aromatic heterocycles. The smallest absolute Gasteiger partial charge is 0.338 e. The number of aryl methyl sites for hydroxylation is 1. The summed E-state index contributed by atoms with van der Waals surface area (Å²) in [6.45, 7) is 7.42. The Balaban J connectivity index is 1.54. The fraction of sp³-hybridized carbons (Fsp3) is 0.304. The SMILES string of the molecule is CCOC(=O)c1ccc2c(c1)nc(SCc1nc(-c3ccccc3OCC)no1)n2CC. The second kappa shape index (κ2) is 9.86. The molecule has 4 aromatic rings. The van der Waals surface area contributed by atoms with Crippen molar-refractivity contribution in [2.24, 2.45) is 0 Å². The summed E-state index contributed by atoms with van der Waals surface area (Å²) in [6.07, 6.45) is 0. The van der Waals surface area contributed by atoms with Gasteiger partial charge in [0.05, 0.1) is 41.1 Å². The van der Waals surface area contributed by atoms with Gasteiger partial charge in [-0.15, -0.1) is 0 Å². The molecular formula is C23H24N4O4S. The Morgan fingerprint density at radius 1 is 1.09 bits per heavy atom. The maximum Gasteiger partial charge on any atom is 0.338 e. The number of nitrogens with zero attached hydrogens (tertiary/aromatic N) is 4. The quantitative estimate of drug-likeness (QED) is 0.259. The maximum absolute atomic E-state index is 12.0. The van der Waals surface area contributed by atoms with Gasteiger partial charge in [-0.1, -0.05) is 29.1 Å². The van der Waals surface area contributed by atoms with Crippen LogP contribution in [0.25, 0.3) is 22.4 Å². The molecule has 2 heterocycles. The third kappa shape index (κ3) is 4.47. The van der Waals surface area contributed by atoms with Gasteiger partial charge in [0.15, 0.2) is 5.16 Å². The van der Waals surface area contributed by atoms with Crippen molar-refractivity contribution in [1.82, 2.24) is 19.7 Å². The van der Waals surface area contributed by atoms with E-state index in [0.29, 0.717) is 36.2 Å². The summed E-state index contributed by atoms with van der Waals surface area (Å²) in [5.41, 5.74) is 2.99. The average Bonchev–Trinajstić information content (AvgIpc) is 3.42. The van der Waals surface area contributed by atoms with E-state index in [-0.39, 0.29) is 5.97 Å². The highest BCUT2D eigenvalue weighted by Gasteiger charge is 2.17. The van der Waals surface area contributed by atoms with E-state index in [1.54, 1.807) is 19.1 Å². The molecule has 2 aromatic carbocycles. The number of imidazole rings is 1. The predicted octanol–water partition coefficient (Wildman–Crippen LogP) is 4.97. The fourth-order valence-corrected chi connectivity index (χ4v) is 4.26. The molecule has 0 saturated heterocycles. The molecule has 32 heavy (non-hydrogen) atoms. The minimum Gasteiger partial charge on any atom is -0.493 e. The second-order valence-corrected chi connectivity index (χ2v) is 7.73. The first-order chi connectivity index (χ1) is 15.6. The molecule has 8 nitrogen and oxygen atoms in total. The van der Waals surface area contributed by atoms with Crippen LogP contribution in [0, 0.1) is 0 Å². The summed E-state index contributed by atoms with van der Waals surface area (Å²) in [5.74, 6) is 1.84. The molecule has 0 aliphatic carbocycles. The Bertz CT molecular complexity index is 1230. The van der Waals surface area contributed by atoms with Crippen LogP contribution < -0.4 is 4.74 Å². The van der Waals surface area contributed by atoms with E-state index in [2.05, 4.69) is 21.6 Å². The van der Waals surface area contributed by atoms with Gasteiger partial charge in [-0.05, 0) is 51.1 Å². The van der Waals surface area contributed by atoms with Gasteiger partial charge in [0.25, 0.3) is 0 Å². The molecule has 4 rings (SSSR count). The van der Waals surface area contributed by atoms with E-state index < -0.39 is 0 Å². The van der Waals surface area contributed by atoms with E-state index in [0.717, 1.165) is 34.0 Å². The van der Waals surface area contributed by atoms with Crippen LogP contribution >= 0.6 is 11.8 Å². The minimum atomic E-state index is -0.347. The van der Waals surface area contributed by atoms with Gasteiger partial charge in [0.2, 0.25) is 11.7 Å². The molecule has 0 aliphatic rings. The zero-order valence-corrected chi connectivity index (χ0v) is 19.0. The predicted molar refractivity (Wildman–Crippen MR) is 122 cm³/mol. The lowest BCUT2D eigenvalue weighted by Crippen LogP contribution is -2.04. The standard InChI is InChI=1S/C23H24N4O4S/c1-4-27-18-12-11-15(22(28)30-6-3)13-17(18)24-23(27)32-14-20-25-21(26-31-20)16-9-7-8-10-19(16)29-5-2/h7-13H,4-6,14H2,1-3H3. The van der Waals surface area contributed by atoms with Gasteiger partial charge in [-0.2, -0.15) is 4.98 Å². The number of fused-ring (bicyclic) bond motifs is 1. The number of hydrogen-bond donors (Lipinski definition) is 0.